The van der Waals surface area contributed by atoms with Gasteiger partial charge < -0.3 is 5.32 Å². The van der Waals surface area contributed by atoms with Crippen LogP contribution in [0.3, 0.4) is 0 Å². The van der Waals surface area contributed by atoms with Crippen LogP contribution in [0.1, 0.15) is 21.8 Å². The van der Waals surface area contributed by atoms with Crippen LogP contribution in [0.4, 0.5) is 5.13 Å². The number of aryl methyl sites for hydroxylation is 5. The van der Waals surface area contributed by atoms with Crippen molar-refractivity contribution in [1.82, 2.24) is 24.5 Å². The van der Waals surface area contributed by atoms with E-state index in [-0.39, 0.29) is 0 Å². The van der Waals surface area contributed by atoms with Gasteiger partial charge in [0.2, 0.25) is 0 Å². The molecule has 1 N–H and O–H groups in total. The molecule has 4 aromatic heterocycles. The zero-order valence-corrected chi connectivity index (χ0v) is 18.3. The summed E-state index contributed by atoms with van der Waals surface area (Å²) in [7, 11) is 1.85. The van der Waals surface area contributed by atoms with Gasteiger partial charge in [-0.15, -0.1) is 11.3 Å². The molecule has 6 nitrogen and oxygen atoms in total. The molecule has 0 radical (unpaired) electrons. The molecule has 0 unspecified atom stereocenters. The Hall–Kier alpha value is -2.16. The molecular weight excluding hydrogens is 412 g/mol. The Kier molecular flexibility index (Phi) is 5.52. The fraction of sp³-hybridized carbons (Fsp3) is 0.316. The van der Waals surface area contributed by atoms with Crippen molar-refractivity contribution < 1.29 is 0 Å². The summed E-state index contributed by atoms with van der Waals surface area (Å²) in [6.45, 7) is 5.46. The van der Waals surface area contributed by atoms with Crippen LogP contribution in [-0.2, 0) is 26.6 Å². The predicted octanol–water partition coefficient (Wildman–Crippen LogP) is 4.93. The molecule has 0 saturated heterocycles. The van der Waals surface area contributed by atoms with Gasteiger partial charge in [0.05, 0.1) is 16.3 Å². The Labute approximate surface area is 176 Å². The van der Waals surface area contributed by atoms with E-state index in [4.69, 9.17) is 16.7 Å². The van der Waals surface area contributed by atoms with E-state index in [0.717, 1.165) is 45.6 Å². The quantitative estimate of drug-likeness (QED) is 0.450. The molecule has 0 saturated carbocycles. The lowest BCUT2D eigenvalue weighted by Gasteiger charge is -2.02. The number of thiazole rings is 1. The lowest BCUT2D eigenvalue weighted by atomic mass is 10.3. The van der Waals surface area contributed by atoms with Crippen molar-refractivity contribution in [2.75, 3.05) is 5.32 Å². The second-order valence-corrected chi connectivity index (χ2v) is 8.95. The van der Waals surface area contributed by atoms with Gasteiger partial charge in [-0.2, -0.15) is 10.2 Å². The van der Waals surface area contributed by atoms with Crippen molar-refractivity contribution in [1.29, 1.82) is 0 Å². The summed E-state index contributed by atoms with van der Waals surface area (Å²) in [6.07, 6.45) is 3.03. The van der Waals surface area contributed by atoms with Crippen molar-refractivity contribution >= 4 is 39.4 Å². The lowest BCUT2D eigenvalue weighted by molar-refractivity contribution is 0.620. The number of halogens is 1. The maximum atomic E-state index is 6.31. The maximum Gasteiger partial charge on any atom is 0.183 e. The minimum Gasteiger partial charge on any atom is -0.357 e. The molecule has 28 heavy (non-hydrogen) atoms. The third kappa shape index (κ3) is 3.99. The number of nitrogens with zero attached hydrogens (tertiary/aromatic N) is 5. The van der Waals surface area contributed by atoms with E-state index in [1.165, 1.54) is 4.88 Å². The van der Waals surface area contributed by atoms with Crippen molar-refractivity contribution in [2.24, 2.45) is 7.05 Å². The van der Waals surface area contributed by atoms with E-state index in [9.17, 15) is 0 Å². The molecule has 0 bridgehead atoms. The number of rotatable bonds is 7. The largest absolute Gasteiger partial charge is 0.357 e. The normalized spacial score (nSPS) is 11.3. The van der Waals surface area contributed by atoms with Gasteiger partial charge in [0.25, 0.3) is 0 Å². The van der Waals surface area contributed by atoms with Gasteiger partial charge in [0, 0.05) is 43.2 Å². The monoisotopic (exact) mass is 432 g/mol. The van der Waals surface area contributed by atoms with E-state index in [1.54, 1.807) is 27.4 Å². The van der Waals surface area contributed by atoms with Gasteiger partial charge in [-0.05, 0) is 31.4 Å². The third-order valence-corrected chi connectivity index (χ3v) is 7.07. The minimum absolute atomic E-state index is 0.597. The van der Waals surface area contributed by atoms with Crippen LogP contribution in [0.2, 0.25) is 5.15 Å². The third-order valence-electron chi connectivity index (χ3n) is 4.52. The van der Waals surface area contributed by atoms with Crippen molar-refractivity contribution in [3.63, 3.8) is 0 Å². The molecule has 0 aliphatic rings. The Bertz CT molecular complexity index is 1080. The molecule has 0 aliphatic heterocycles. The summed E-state index contributed by atoms with van der Waals surface area (Å²) in [5.41, 5.74) is 3.87. The van der Waals surface area contributed by atoms with Crippen LogP contribution in [0.15, 0.2) is 29.8 Å². The summed E-state index contributed by atoms with van der Waals surface area (Å²) < 4.78 is 3.69. The fourth-order valence-electron chi connectivity index (χ4n) is 3.04. The highest BCUT2D eigenvalue weighted by atomic mass is 35.5. The van der Waals surface area contributed by atoms with E-state index < -0.39 is 0 Å². The summed E-state index contributed by atoms with van der Waals surface area (Å²) in [5, 5.41) is 16.1. The van der Waals surface area contributed by atoms with Crippen LogP contribution >= 0.6 is 34.3 Å². The molecule has 0 aliphatic carbocycles. The number of anilines is 1. The molecule has 0 fully saturated rings. The Balaban J connectivity index is 1.44. The van der Waals surface area contributed by atoms with Gasteiger partial charge in [0.15, 0.2) is 5.13 Å². The zero-order chi connectivity index (χ0) is 19.7. The van der Waals surface area contributed by atoms with E-state index in [0.29, 0.717) is 11.7 Å². The summed E-state index contributed by atoms with van der Waals surface area (Å²) in [6, 6.07) is 6.31. The highest BCUT2D eigenvalue weighted by molar-refractivity contribution is 7.19. The molecule has 0 aromatic carbocycles. The summed E-state index contributed by atoms with van der Waals surface area (Å²) in [4.78, 5) is 7.12. The lowest BCUT2D eigenvalue weighted by Crippen LogP contribution is -2.00. The number of hydrogen-bond acceptors (Lipinski definition) is 6. The standard InChI is InChI=1S/C19H21ClN6S2/c1-12-15(18(20)25(3)23-12)11-21-19-22-13(2)17(28-19)16-7-9-26(24-16)8-6-14-5-4-10-27-14/h4-5,7,9-10H,6,8,11H2,1-3H3,(H,21,22). The molecule has 4 rings (SSSR count). The number of thiophene rings is 1. The van der Waals surface area contributed by atoms with E-state index in [1.807, 2.05) is 31.8 Å². The number of aromatic nitrogens is 5. The highest BCUT2D eigenvalue weighted by Crippen LogP contribution is 2.32. The Morgan fingerprint density at radius 2 is 2.04 bits per heavy atom. The van der Waals surface area contributed by atoms with Gasteiger partial charge in [-0.3, -0.25) is 9.36 Å². The highest BCUT2D eigenvalue weighted by Gasteiger charge is 2.15. The first kappa shape index (κ1) is 19.2. The van der Waals surface area contributed by atoms with Gasteiger partial charge in [-0.1, -0.05) is 29.0 Å². The first-order chi connectivity index (χ1) is 13.5. The van der Waals surface area contributed by atoms with Crippen LogP contribution < -0.4 is 5.32 Å². The smallest absolute Gasteiger partial charge is 0.183 e. The molecule has 0 amide bonds. The Morgan fingerprint density at radius 3 is 2.75 bits per heavy atom. The van der Waals surface area contributed by atoms with Gasteiger partial charge >= 0.3 is 0 Å². The fourth-order valence-corrected chi connectivity index (χ4v) is 4.90. The van der Waals surface area contributed by atoms with Crippen LogP contribution in [-0.4, -0.2) is 24.5 Å². The van der Waals surface area contributed by atoms with Crippen molar-refractivity contribution in [3.8, 4) is 10.6 Å². The SMILES string of the molecule is Cc1nc(NCc2c(C)nn(C)c2Cl)sc1-c1ccn(CCc2cccs2)n1. The topological polar surface area (TPSA) is 60.6 Å². The molecule has 4 heterocycles. The van der Waals surface area contributed by atoms with E-state index >= 15 is 0 Å². The average Bonchev–Trinajstić information content (AvgIpc) is 3.43. The zero-order valence-electron chi connectivity index (χ0n) is 15.9. The van der Waals surface area contributed by atoms with Crippen LogP contribution in [0.25, 0.3) is 10.6 Å². The molecule has 9 heteroatoms. The maximum absolute atomic E-state index is 6.31. The first-order valence-electron chi connectivity index (χ1n) is 8.96. The minimum atomic E-state index is 0.597. The summed E-state index contributed by atoms with van der Waals surface area (Å²) in [5.74, 6) is 0. The van der Waals surface area contributed by atoms with Gasteiger partial charge in [0.1, 0.15) is 10.8 Å². The van der Waals surface area contributed by atoms with Crippen molar-refractivity contribution in [2.45, 2.75) is 33.4 Å². The number of nitrogens with one attached hydrogen (secondary N) is 1. The van der Waals surface area contributed by atoms with Crippen molar-refractivity contribution in [3.05, 3.63) is 56.8 Å². The Morgan fingerprint density at radius 1 is 1.18 bits per heavy atom. The first-order valence-corrected chi connectivity index (χ1v) is 11.0. The molecule has 4 aromatic rings. The second kappa shape index (κ2) is 8.06. The predicted molar refractivity (Wildman–Crippen MR) is 116 cm³/mol. The second-order valence-electron chi connectivity index (χ2n) is 6.56. The van der Waals surface area contributed by atoms with Gasteiger partial charge in [-0.25, -0.2) is 4.98 Å². The van der Waals surface area contributed by atoms with E-state index in [2.05, 4.69) is 39.0 Å². The van der Waals surface area contributed by atoms with Crippen LogP contribution in [0.5, 0.6) is 0 Å². The van der Waals surface area contributed by atoms with Crippen LogP contribution in [0, 0.1) is 13.8 Å². The molecule has 146 valence electrons. The summed E-state index contributed by atoms with van der Waals surface area (Å²) >= 11 is 9.71. The molecule has 0 atom stereocenters. The molecule has 0 spiro atoms. The molecular formula is C19H21ClN6S2. The average molecular weight is 433 g/mol. The number of hydrogen-bond donors (Lipinski definition) is 1.